The van der Waals surface area contributed by atoms with Crippen LogP contribution in [0.15, 0.2) is 56.7 Å². The molecule has 4 rings (SSSR count). The van der Waals surface area contributed by atoms with E-state index >= 15 is 0 Å². The van der Waals surface area contributed by atoms with Crippen LogP contribution in [0.4, 0.5) is 0 Å². The molecule has 0 aliphatic carbocycles. The highest BCUT2D eigenvalue weighted by Crippen LogP contribution is 2.32. The van der Waals surface area contributed by atoms with E-state index in [9.17, 15) is 0 Å². The van der Waals surface area contributed by atoms with Crippen molar-refractivity contribution in [2.75, 3.05) is 0 Å². The highest BCUT2D eigenvalue weighted by atomic mass is 32.2. The minimum atomic E-state index is -0.0870. The van der Waals surface area contributed by atoms with Crippen LogP contribution in [0.2, 0.25) is 0 Å². The van der Waals surface area contributed by atoms with E-state index in [0.717, 1.165) is 26.8 Å². The second-order valence-electron chi connectivity index (χ2n) is 6.92. The highest BCUT2D eigenvalue weighted by Gasteiger charge is 2.22. The van der Waals surface area contributed by atoms with Crippen LogP contribution < -0.4 is 0 Å². The highest BCUT2D eigenvalue weighted by molar-refractivity contribution is 8.00. The third-order valence-electron chi connectivity index (χ3n) is 3.76. The van der Waals surface area contributed by atoms with Crippen LogP contribution in [-0.4, -0.2) is 29.1 Å². The zero-order valence-corrected chi connectivity index (χ0v) is 16.8. The Hall–Kier alpha value is -2.52. The molecule has 0 spiro atoms. The van der Waals surface area contributed by atoms with Crippen molar-refractivity contribution in [3.63, 3.8) is 0 Å². The van der Waals surface area contributed by atoms with Crippen LogP contribution in [0, 0.1) is 0 Å². The summed E-state index contributed by atoms with van der Waals surface area (Å²) >= 11 is 2.83. The van der Waals surface area contributed by atoms with Crippen molar-refractivity contribution in [3.05, 3.63) is 54.4 Å². The lowest BCUT2D eigenvalue weighted by molar-refractivity contribution is 0.485. The normalized spacial score (nSPS) is 11.8. The summed E-state index contributed by atoms with van der Waals surface area (Å²) in [5.41, 5.74) is 0.673. The fourth-order valence-electron chi connectivity index (χ4n) is 2.38. The van der Waals surface area contributed by atoms with Gasteiger partial charge in [0.25, 0.3) is 0 Å². The van der Waals surface area contributed by atoms with Gasteiger partial charge in [-0.25, -0.2) is 4.98 Å². The minimum Gasteiger partial charge on any atom is -0.467 e. The average Bonchev–Trinajstić information content (AvgIpc) is 3.38. The zero-order valence-electron chi connectivity index (χ0n) is 15.2. The maximum absolute atomic E-state index is 5.52. The van der Waals surface area contributed by atoms with E-state index in [1.54, 1.807) is 12.5 Å². The van der Waals surface area contributed by atoms with Crippen molar-refractivity contribution >= 4 is 23.3 Å². The average molecular weight is 399 g/mol. The van der Waals surface area contributed by atoms with Gasteiger partial charge in [-0.15, -0.1) is 10.2 Å². The summed E-state index contributed by atoms with van der Waals surface area (Å²) in [6.07, 6.45) is 3.40. The first-order valence-corrected chi connectivity index (χ1v) is 9.99. The predicted octanol–water partition coefficient (Wildman–Crippen LogP) is 4.28. The summed E-state index contributed by atoms with van der Waals surface area (Å²) < 4.78 is 12.8. The monoisotopic (exact) mass is 398 g/mol. The van der Waals surface area contributed by atoms with E-state index in [1.807, 2.05) is 34.9 Å². The van der Waals surface area contributed by atoms with Gasteiger partial charge in [0.1, 0.15) is 17.3 Å². The molecule has 0 saturated heterocycles. The summed E-state index contributed by atoms with van der Waals surface area (Å²) in [6.45, 7) is 6.81. The van der Waals surface area contributed by atoms with Crippen molar-refractivity contribution in [1.82, 2.24) is 29.1 Å². The van der Waals surface area contributed by atoms with Gasteiger partial charge >= 0.3 is 0 Å². The smallest absolute Gasteiger partial charge is 0.199 e. The fourth-order valence-corrected chi connectivity index (χ4v) is 4.11. The molecule has 0 aliphatic rings. The van der Waals surface area contributed by atoms with Gasteiger partial charge in [-0.3, -0.25) is 9.55 Å². The van der Waals surface area contributed by atoms with Crippen LogP contribution >= 0.6 is 23.3 Å². The van der Waals surface area contributed by atoms with Crippen LogP contribution in [0.3, 0.4) is 0 Å². The minimum absolute atomic E-state index is 0.0870. The molecule has 0 radical (unpaired) electrons. The van der Waals surface area contributed by atoms with Gasteiger partial charge < -0.3 is 4.42 Å². The van der Waals surface area contributed by atoms with Gasteiger partial charge in [0.2, 0.25) is 0 Å². The lowest BCUT2D eigenvalue weighted by atomic mass is 9.96. The summed E-state index contributed by atoms with van der Waals surface area (Å²) in [5, 5.41) is 9.46. The van der Waals surface area contributed by atoms with Gasteiger partial charge in [-0.1, -0.05) is 26.8 Å². The summed E-state index contributed by atoms with van der Waals surface area (Å²) in [4.78, 5) is 9.05. The molecule has 0 N–H and O–H groups in total. The van der Waals surface area contributed by atoms with Crippen LogP contribution in [0.25, 0.3) is 11.5 Å². The first-order valence-electron chi connectivity index (χ1n) is 8.40. The Morgan fingerprint density at radius 1 is 1.15 bits per heavy atom. The van der Waals surface area contributed by atoms with Crippen molar-refractivity contribution < 1.29 is 4.42 Å². The van der Waals surface area contributed by atoms with E-state index in [2.05, 4.69) is 45.3 Å². The Labute approximate surface area is 165 Å². The SMILES string of the molecule is CC(C)(C)c1nsc(Sc2nnc(-c3ccccn3)n2Cc2ccco2)n1. The van der Waals surface area contributed by atoms with Crippen LogP contribution in [-0.2, 0) is 12.0 Å². The van der Waals surface area contributed by atoms with Gasteiger partial charge in [-0.2, -0.15) is 4.37 Å². The molecule has 9 heteroatoms. The molecule has 4 heterocycles. The molecule has 0 atom stereocenters. The second kappa shape index (κ2) is 7.24. The maximum Gasteiger partial charge on any atom is 0.199 e. The van der Waals surface area contributed by atoms with E-state index in [4.69, 9.17) is 4.42 Å². The van der Waals surface area contributed by atoms with Crippen molar-refractivity contribution in [2.45, 2.75) is 42.2 Å². The molecule has 4 aromatic heterocycles. The van der Waals surface area contributed by atoms with Gasteiger partial charge in [0, 0.05) is 11.6 Å². The fraction of sp³-hybridized carbons (Fsp3) is 0.278. The summed E-state index contributed by atoms with van der Waals surface area (Å²) in [5.74, 6) is 2.34. The van der Waals surface area contributed by atoms with Gasteiger partial charge in [-0.05, 0) is 47.6 Å². The molecule has 0 aromatic carbocycles. The summed E-state index contributed by atoms with van der Waals surface area (Å²) in [7, 11) is 0. The first kappa shape index (κ1) is 17.9. The van der Waals surface area contributed by atoms with E-state index in [1.165, 1.54) is 23.3 Å². The molecule has 0 fully saturated rings. The largest absolute Gasteiger partial charge is 0.467 e. The lowest BCUT2D eigenvalue weighted by Crippen LogP contribution is -2.12. The van der Waals surface area contributed by atoms with Crippen LogP contribution in [0.5, 0.6) is 0 Å². The number of hydrogen-bond acceptors (Lipinski definition) is 8. The number of hydrogen-bond donors (Lipinski definition) is 0. The molecule has 7 nitrogen and oxygen atoms in total. The topological polar surface area (TPSA) is 82.5 Å². The van der Waals surface area contributed by atoms with E-state index < -0.39 is 0 Å². The number of aromatic nitrogens is 6. The summed E-state index contributed by atoms with van der Waals surface area (Å²) in [6, 6.07) is 9.52. The number of furan rings is 1. The number of nitrogens with zero attached hydrogens (tertiary/aromatic N) is 6. The number of rotatable bonds is 5. The third-order valence-corrected chi connectivity index (χ3v) is 5.50. The molecule has 0 bridgehead atoms. The van der Waals surface area contributed by atoms with Gasteiger partial charge in [0.15, 0.2) is 15.3 Å². The molecule has 4 aromatic rings. The number of pyridine rings is 1. The molecule has 138 valence electrons. The Balaban J connectivity index is 1.70. The Morgan fingerprint density at radius 3 is 2.70 bits per heavy atom. The van der Waals surface area contributed by atoms with Crippen molar-refractivity contribution in [1.29, 1.82) is 0 Å². The molecule has 0 aliphatic heterocycles. The molecule has 0 amide bonds. The standard InChI is InChI=1S/C18H18N6OS2/c1-18(2,3)15-20-17(27-23-15)26-16-22-21-14(13-8-4-5-9-19-13)24(16)11-12-7-6-10-25-12/h4-10H,11H2,1-3H3. The Bertz CT molecular complexity index is 1020. The molecular formula is C18H18N6OS2. The van der Waals surface area contributed by atoms with Gasteiger partial charge in [0.05, 0.1) is 12.8 Å². The lowest BCUT2D eigenvalue weighted by Gasteiger charge is -2.12. The van der Waals surface area contributed by atoms with Crippen molar-refractivity contribution in [3.8, 4) is 11.5 Å². The molecule has 27 heavy (non-hydrogen) atoms. The van der Waals surface area contributed by atoms with E-state index in [0.29, 0.717) is 12.4 Å². The molecular weight excluding hydrogens is 380 g/mol. The van der Waals surface area contributed by atoms with Crippen LogP contribution in [0.1, 0.15) is 32.4 Å². The third kappa shape index (κ3) is 3.93. The zero-order chi connectivity index (χ0) is 18.9. The maximum atomic E-state index is 5.52. The molecule has 0 saturated carbocycles. The van der Waals surface area contributed by atoms with E-state index in [-0.39, 0.29) is 5.41 Å². The Kier molecular flexibility index (Phi) is 4.79. The first-order chi connectivity index (χ1) is 13.0. The quantitative estimate of drug-likeness (QED) is 0.496. The predicted molar refractivity (Wildman–Crippen MR) is 104 cm³/mol. The molecule has 0 unspecified atom stereocenters. The van der Waals surface area contributed by atoms with Crippen molar-refractivity contribution in [2.24, 2.45) is 0 Å². The Morgan fingerprint density at radius 2 is 2.04 bits per heavy atom. The second-order valence-corrected chi connectivity index (χ2v) is 8.89.